The van der Waals surface area contributed by atoms with E-state index in [2.05, 4.69) is 21.2 Å². The highest BCUT2D eigenvalue weighted by atomic mass is 79.9. The highest BCUT2D eigenvalue weighted by molar-refractivity contribution is 9.11. The molecule has 6 heteroatoms. The quantitative estimate of drug-likeness (QED) is 0.889. The summed E-state index contributed by atoms with van der Waals surface area (Å²) >= 11 is 4.88. The fraction of sp³-hybridized carbons (Fsp3) is 0.545. The molecule has 1 amide bonds. The molecule has 1 aliphatic carbocycles. The van der Waals surface area contributed by atoms with Gasteiger partial charge in [0.15, 0.2) is 0 Å². The molecule has 1 heterocycles. The number of carbonyl (C=O) groups excluding carboxylic acids is 1. The van der Waals surface area contributed by atoms with Crippen molar-refractivity contribution in [3.05, 3.63) is 20.8 Å². The van der Waals surface area contributed by atoms with Gasteiger partial charge in [0.05, 0.1) is 14.9 Å². The Balaban J connectivity index is 0.00000144. The molecular weight excluding hydrogens is 324 g/mol. The average Bonchev–Trinajstić information content (AvgIpc) is 2.88. The summed E-state index contributed by atoms with van der Waals surface area (Å²) in [4.78, 5) is 12.0. The fourth-order valence-corrected chi connectivity index (χ4v) is 3.31. The average molecular weight is 340 g/mol. The van der Waals surface area contributed by atoms with E-state index < -0.39 is 0 Å². The summed E-state index contributed by atoms with van der Waals surface area (Å²) in [5.41, 5.74) is 6.34. The minimum Gasteiger partial charge on any atom is -0.345 e. The maximum Gasteiger partial charge on any atom is 0.252 e. The van der Waals surface area contributed by atoms with Gasteiger partial charge < -0.3 is 11.1 Å². The predicted octanol–water partition coefficient (Wildman–Crippen LogP) is 2.93. The van der Waals surface area contributed by atoms with Crippen LogP contribution in [0.3, 0.4) is 0 Å². The second-order valence-corrected chi connectivity index (χ2v) is 6.58. The molecule has 0 atom stereocenters. The molecule has 3 nitrogen and oxygen atoms in total. The number of hydrogen-bond donors (Lipinski definition) is 2. The van der Waals surface area contributed by atoms with E-state index in [1.807, 2.05) is 11.4 Å². The molecule has 0 aliphatic heterocycles. The van der Waals surface area contributed by atoms with Gasteiger partial charge in [0, 0.05) is 11.9 Å². The van der Waals surface area contributed by atoms with Crippen molar-refractivity contribution in [3.8, 4) is 0 Å². The van der Waals surface area contributed by atoms with Crippen LogP contribution in [0, 0.1) is 0 Å². The van der Waals surface area contributed by atoms with Crippen LogP contribution in [0.4, 0.5) is 0 Å². The van der Waals surface area contributed by atoms with Crippen LogP contribution in [0.2, 0.25) is 0 Å². The van der Waals surface area contributed by atoms with Crippen molar-refractivity contribution in [1.82, 2.24) is 5.32 Å². The molecule has 0 saturated heterocycles. The number of rotatable bonds is 3. The summed E-state index contributed by atoms with van der Waals surface area (Å²) in [7, 11) is 0. The first-order chi connectivity index (χ1) is 7.65. The van der Waals surface area contributed by atoms with Crippen LogP contribution in [0.25, 0.3) is 0 Å². The molecule has 1 saturated carbocycles. The first kappa shape index (κ1) is 15.0. The molecular formula is C11H16BrClN2OS. The Morgan fingerprint density at radius 1 is 1.53 bits per heavy atom. The van der Waals surface area contributed by atoms with E-state index in [-0.39, 0.29) is 23.9 Å². The highest BCUT2D eigenvalue weighted by Crippen LogP contribution is 2.29. The largest absolute Gasteiger partial charge is 0.345 e. The molecule has 1 fully saturated rings. The summed E-state index contributed by atoms with van der Waals surface area (Å²) in [6.45, 7) is 0.532. The van der Waals surface area contributed by atoms with Crippen molar-refractivity contribution in [3.63, 3.8) is 0 Å². The van der Waals surface area contributed by atoms with Gasteiger partial charge in [-0.3, -0.25) is 4.79 Å². The smallest absolute Gasteiger partial charge is 0.252 e. The van der Waals surface area contributed by atoms with Gasteiger partial charge in [-0.2, -0.15) is 0 Å². The van der Waals surface area contributed by atoms with Crippen molar-refractivity contribution in [2.75, 3.05) is 6.54 Å². The summed E-state index contributed by atoms with van der Waals surface area (Å²) in [6, 6.07) is 1.85. The van der Waals surface area contributed by atoms with Gasteiger partial charge in [-0.25, -0.2) is 0 Å². The Bertz CT molecular complexity index is 391. The van der Waals surface area contributed by atoms with E-state index in [0.717, 1.165) is 35.0 Å². The Labute approximate surface area is 120 Å². The molecule has 3 N–H and O–H groups in total. The molecule has 0 bridgehead atoms. The lowest BCUT2D eigenvalue weighted by molar-refractivity contribution is 0.0903. The van der Waals surface area contributed by atoms with Crippen LogP contribution in [-0.4, -0.2) is 18.0 Å². The van der Waals surface area contributed by atoms with E-state index in [9.17, 15) is 4.79 Å². The van der Waals surface area contributed by atoms with Crippen molar-refractivity contribution in [1.29, 1.82) is 0 Å². The summed E-state index contributed by atoms with van der Waals surface area (Å²) in [5.74, 6) is -0.00528. The topological polar surface area (TPSA) is 55.1 Å². The summed E-state index contributed by atoms with van der Waals surface area (Å²) in [5, 5.41) is 4.95. The molecule has 1 aromatic heterocycles. The van der Waals surface area contributed by atoms with E-state index in [4.69, 9.17) is 5.73 Å². The van der Waals surface area contributed by atoms with Gasteiger partial charge in [-0.1, -0.05) is 12.8 Å². The normalized spacial score (nSPS) is 17.5. The molecule has 0 aromatic carbocycles. The Morgan fingerprint density at radius 3 is 2.65 bits per heavy atom. The van der Waals surface area contributed by atoms with Crippen molar-refractivity contribution in [2.24, 2.45) is 5.73 Å². The van der Waals surface area contributed by atoms with Gasteiger partial charge in [-0.05, 0) is 34.8 Å². The van der Waals surface area contributed by atoms with Crippen LogP contribution in [0.1, 0.15) is 36.0 Å². The zero-order valence-electron chi connectivity index (χ0n) is 9.37. The second-order valence-electron chi connectivity index (χ2n) is 4.29. The van der Waals surface area contributed by atoms with E-state index in [0.29, 0.717) is 6.54 Å². The lowest BCUT2D eigenvalue weighted by atomic mass is 9.97. The van der Waals surface area contributed by atoms with Crippen LogP contribution < -0.4 is 11.1 Å². The third-order valence-corrected chi connectivity index (χ3v) is 4.66. The molecule has 1 aromatic rings. The van der Waals surface area contributed by atoms with Crippen LogP contribution in [0.15, 0.2) is 15.2 Å². The molecule has 0 unspecified atom stereocenters. The van der Waals surface area contributed by atoms with Crippen LogP contribution >= 0.6 is 39.7 Å². The second kappa shape index (κ2) is 6.18. The number of nitrogens with two attached hydrogens (primary N) is 1. The number of halogens is 2. The van der Waals surface area contributed by atoms with Gasteiger partial charge in [0.1, 0.15) is 0 Å². The molecule has 2 rings (SSSR count). The highest BCUT2D eigenvalue weighted by Gasteiger charge is 2.34. The zero-order valence-corrected chi connectivity index (χ0v) is 12.6. The van der Waals surface area contributed by atoms with E-state index >= 15 is 0 Å². The first-order valence-electron chi connectivity index (χ1n) is 5.42. The molecule has 0 radical (unpaired) electrons. The minimum absolute atomic E-state index is 0. The standard InChI is InChI=1S/C11H15BrN2OS.ClH/c12-9-5-8(6-16-9)10(15)14-11(7-13)3-1-2-4-11;/h5-6H,1-4,7,13H2,(H,14,15);1H. The van der Waals surface area contributed by atoms with Gasteiger partial charge in [0.25, 0.3) is 5.91 Å². The SMILES string of the molecule is Cl.NCC1(NC(=O)c2csc(Br)c2)CCCC1. The minimum atomic E-state index is -0.161. The van der Waals surface area contributed by atoms with Crippen LogP contribution in [0.5, 0.6) is 0 Å². The maximum absolute atomic E-state index is 12.0. The molecule has 17 heavy (non-hydrogen) atoms. The summed E-state index contributed by atoms with van der Waals surface area (Å²) in [6.07, 6.45) is 4.32. The predicted molar refractivity (Wildman–Crippen MR) is 77.0 cm³/mol. The number of thiophene rings is 1. The lowest BCUT2D eigenvalue weighted by Crippen LogP contribution is -2.51. The fourth-order valence-electron chi connectivity index (χ4n) is 2.17. The van der Waals surface area contributed by atoms with E-state index in [1.54, 1.807) is 0 Å². The van der Waals surface area contributed by atoms with Crippen molar-refractivity contribution >= 4 is 45.6 Å². The molecule has 0 spiro atoms. The van der Waals surface area contributed by atoms with Gasteiger partial charge >= 0.3 is 0 Å². The van der Waals surface area contributed by atoms with E-state index in [1.165, 1.54) is 11.3 Å². The molecule has 1 aliphatic rings. The van der Waals surface area contributed by atoms with Crippen LogP contribution in [-0.2, 0) is 0 Å². The first-order valence-corrected chi connectivity index (χ1v) is 7.09. The Kier molecular flexibility index (Phi) is 5.44. The van der Waals surface area contributed by atoms with Gasteiger partial charge in [0.2, 0.25) is 0 Å². The lowest BCUT2D eigenvalue weighted by Gasteiger charge is -2.28. The monoisotopic (exact) mass is 338 g/mol. The van der Waals surface area contributed by atoms with Crippen molar-refractivity contribution in [2.45, 2.75) is 31.2 Å². The number of carbonyl (C=O) groups is 1. The third kappa shape index (κ3) is 3.44. The number of nitrogens with one attached hydrogen (secondary N) is 1. The third-order valence-electron chi connectivity index (χ3n) is 3.16. The Morgan fingerprint density at radius 2 is 2.18 bits per heavy atom. The summed E-state index contributed by atoms with van der Waals surface area (Å²) < 4.78 is 0.978. The zero-order chi connectivity index (χ0) is 11.6. The van der Waals surface area contributed by atoms with Crippen molar-refractivity contribution < 1.29 is 4.79 Å². The molecule has 96 valence electrons. The number of amides is 1. The maximum atomic E-state index is 12.0. The van der Waals surface area contributed by atoms with Gasteiger partial charge in [-0.15, -0.1) is 23.7 Å². The number of hydrogen-bond acceptors (Lipinski definition) is 3. The Hall–Kier alpha value is -0.100.